The zero-order chi connectivity index (χ0) is 14.7. The molecule has 0 aliphatic heterocycles. The van der Waals surface area contributed by atoms with Crippen LogP contribution in [0, 0.1) is 16.0 Å². The summed E-state index contributed by atoms with van der Waals surface area (Å²) < 4.78 is 0. The third-order valence-electron chi connectivity index (χ3n) is 3.96. The molecule has 21 heavy (non-hydrogen) atoms. The fourth-order valence-corrected chi connectivity index (χ4v) is 2.93. The highest BCUT2D eigenvalue weighted by Gasteiger charge is 2.21. The largest absolute Gasteiger partial charge is 0.364 e. The predicted octanol–water partition coefficient (Wildman–Crippen LogP) is 3.21. The van der Waals surface area contributed by atoms with Gasteiger partial charge in [0.25, 0.3) is 0 Å². The summed E-state index contributed by atoms with van der Waals surface area (Å²) in [5, 5.41) is 14.0. The van der Waals surface area contributed by atoms with E-state index in [9.17, 15) is 10.1 Å². The molecule has 1 aliphatic rings. The third-order valence-corrected chi connectivity index (χ3v) is 3.96. The van der Waals surface area contributed by atoms with E-state index < -0.39 is 4.92 Å². The molecular formula is C16H17N3O2. The van der Waals surface area contributed by atoms with Gasteiger partial charge < -0.3 is 5.32 Å². The number of nitro groups is 1. The Balaban J connectivity index is 1.55. The second kappa shape index (κ2) is 5.91. The summed E-state index contributed by atoms with van der Waals surface area (Å²) in [6, 6.07) is 11.6. The molecule has 1 heterocycles. The SMILES string of the molecule is O=[N+]([O-])c1cccnc1NCCC1Cc2ccccc2C1. The van der Waals surface area contributed by atoms with Gasteiger partial charge in [-0.1, -0.05) is 24.3 Å². The van der Waals surface area contributed by atoms with E-state index in [0.717, 1.165) is 19.3 Å². The maximum atomic E-state index is 10.9. The van der Waals surface area contributed by atoms with Crippen LogP contribution in [0.3, 0.4) is 0 Å². The van der Waals surface area contributed by atoms with E-state index in [2.05, 4.69) is 34.6 Å². The van der Waals surface area contributed by atoms with Crippen molar-refractivity contribution in [2.24, 2.45) is 5.92 Å². The zero-order valence-corrected chi connectivity index (χ0v) is 11.7. The molecular weight excluding hydrogens is 266 g/mol. The van der Waals surface area contributed by atoms with Crippen LogP contribution in [0.25, 0.3) is 0 Å². The maximum absolute atomic E-state index is 10.9. The molecule has 1 N–H and O–H groups in total. The zero-order valence-electron chi connectivity index (χ0n) is 11.7. The summed E-state index contributed by atoms with van der Waals surface area (Å²) in [6.07, 6.45) is 4.76. The van der Waals surface area contributed by atoms with Gasteiger partial charge in [0.15, 0.2) is 0 Å². The Bertz CT molecular complexity index is 632. The van der Waals surface area contributed by atoms with Crippen LogP contribution in [0.4, 0.5) is 11.5 Å². The summed E-state index contributed by atoms with van der Waals surface area (Å²) in [5.74, 6) is 0.968. The molecule has 0 saturated carbocycles. The Morgan fingerprint density at radius 2 is 1.90 bits per heavy atom. The molecule has 0 atom stereocenters. The van der Waals surface area contributed by atoms with Crippen LogP contribution in [0.5, 0.6) is 0 Å². The average molecular weight is 283 g/mol. The lowest BCUT2D eigenvalue weighted by Gasteiger charge is -2.10. The van der Waals surface area contributed by atoms with Gasteiger partial charge in [-0.05, 0) is 42.4 Å². The normalized spacial score (nSPS) is 13.9. The molecule has 108 valence electrons. The Morgan fingerprint density at radius 3 is 2.57 bits per heavy atom. The van der Waals surface area contributed by atoms with Crippen LogP contribution in [0.15, 0.2) is 42.6 Å². The molecule has 3 rings (SSSR count). The van der Waals surface area contributed by atoms with Gasteiger partial charge in [-0.25, -0.2) is 4.98 Å². The lowest BCUT2D eigenvalue weighted by molar-refractivity contribution is -0.384. The van der Waals surface area contributed by atoms with E-state index in [1.165, 1.54) is 17.2 Å². The summed E-state index contributed by atoms with van der Waals surface area (Å²) in [6.45, 7) is 0.705. The van der Waals surface area contributed by atoms with Crippen LogP contribution in [0.1, 0.15) is 17.5 Å². The molecule has 0 amide bonds. The fraction of sp³-hybridized carbons (Fsp3) is 0.312. The van der Waals surface area contributed by atoms with Crippen molar-refractivity contribution in [1.82, 2.24) is 4.98 Å². The van der Waals surface area contributed by atoms with Gasteiger partial charge in [-0.3, -0.25) is 10.1 Å². The number of anilines is 1. The smallest absolute Gasteiger partial charge is 0.311 e. The van der Waals surface area contributed by atoms with Gasteiger partial charge in [0, 0.05) is 18.8 Å². The number of aromatic nitrogens is 1. The Kier molecular flexibility index (Phi) is 3.81. The number of benzene rings is 1. The van der Waals surface area contributed by atoms with Crippen molar-refractivity contribution < 1.29 is 4.92 Å². The second-order valence-corrected chi connectivity index (χ2v) is 5.39. The van der Waals surface area contributed by atoms with E-state index in [1.54, 1.807) is 12.3 Å². The lowest BCUT2D eigenvalue weighted by Crippen LogP contribution is -2.11. The Labute approximate surface area is 123 Å². The monoisotopic (exact) mass is 283 g/mol. The van der Waals surface area contributed by atoms with Crippen LogP contribution >= 0.6 is 0 Å². The highest BCUT2D eigenvalue weighted by Crippen LogP contribution is 2.28. The highest BCUT2D eigenvalue weighted by atomic mass is 16.6. The molecule has 1 aromatic carbocycles. The van der Waals surface area contributed by atoms with E-state index in [4.69, 9.17) is 0 Å². The van der Waals surface area contributed by atoms with Crippen LogP contribution in [-0.4, -0.2) is 16.5 Å². The minimum absolute atomic E-state index is 0.0345. The van der Waals surface area contributed by atoms with E-state index in [0.29, 0.717) is 18.3 Å². The van der Waals surface area contributed by atoms with Crippen molar-refractivity contribution in [1.29, 1.82) is 0 Å². The Morgan fingerprint density at radius 1 is 1.19 bits per heavy atom. The van der Waals surface area contributed by atoms with Crippen molar-refractivity contribution in [3.8, 4) is 0 Å². The van der Waals surface area contributed by atoms with Crippen molar-refractivity contribution in [2.45, 2.75) is 19.3 Å². The molecule has 0 saturated heterocycles. The first-order valence-electron chi connectivity index (χ1n) is 7.14. The number of nitrogens with zero attached hydrogens (tertiary/aromatic N) is 2. The minimum atomic E-state index is -0.402. The second-order valence-electron chi connectivity index (χ2n) is 5.39. The van der Waals surface area contributed by atoms with Crippen molar-refractivity contribution in [3.05, 3.63) is 63.8 Å². The third kappa shape index (κ3) is 3.02. The van der Waals surface area contributed by atoms with Gasteiger partial charge >= 0.3 is 5.69 Å². The first kappa shape index (κ1) is 13.5. The molecule has 0 unspecified atom stereocenters. The quantitative estimate of drug-likeness (QED) is 0.676. The number of rotatable bonds is 5. The summed E-state index contributed by atoms with van der Waals surface area (Å²) in [4.78, 5) is 14.6. The number of hydrogen-bond acceptors (Lipinski definition) is 4. The molecule has 2 aromatic rings. The molecule has 1 aromatic heterocycles. The standard InChI is InChI=1S/C16H17N3O2/c20-19(21)15-6-3-8-17-16(15)18-9-7-12-10-13-4-1-2-5-14(13)11-12/h1-6,8,12H,7,9-11H2,(H,17,18). The van der Waals surface area contributed by atoms with E-state index in [1.807, 2.05) is 0 Å². The first-order chi connectivity index (χ1) is 10.2. The summed E-state index contributed by atoms with van der Waals surface area (Å²) in [5.41, 5.74) is 2.91. The summed E-state index contributed by atoms with van der Waals surface area (Å²) in [7, 11) is 0. The van der Waals surface area contributed by atoms with Crippen molar-refractivity contribution in [2.75, 3.05) is 11.9 Å². The number of fused-ring (bicyclic) bond motifs is 1. The van der Waals surface area contributed by atoms with Gasteiger partial charge in [0.05, 0.1) is 4.92 Å². The molecule has 5 heteroatoms. The topological polar surface area (TPSA) is 68.1 Å². The highest BCUT2D eigenvalue weighted by molar-refractivity contribution is 5.54. The number of pyridine rings is 1. The molecule has 1 aliphatic carbocycles. The fourth-order valence-electron chi connectivity index (χ4n) is 2.93. The maximum Gasteiger partial charge on any atom is 0.311 e. The first-order valence-corrected chi connectivity index (χ1v) is 7.14. The Hall–Kier alpha value is -2.43. The number of hydrogen-bond donors (Lipinski definition) is 1. The van der Waals surface area contributed by atoms with Gasteiger partial charge in [0.1, 0.15) is 0 Å². The minimum Gasteiger partial charge on any atom is -0.364 e. The van der Waals surface area contributed by atoms with Crippen LogP contribution in [0.2, 0.25) is 0 Å². The molecule has 5 nitrogen and oxygen atoms in total. The van der Waals surface area contributed by atoms with Crippen molar-refractivity contribution in [3.63, 3.8) is 0 Å². The van der Waals surface area contributed by atoms with E-state index >= 15 is 0 Å². The van der Waals surface area contributed by atoms with Gasteiger partial charge in [0.2, 0.25) is 5.82 Å². The lowest BCUT2D eigenvalue weighted by atomic mass is 10.0. The van der Waals surface area contributed by atoms with Crippen LogP contribution < -0.4 is 5.32 Å². The predicted molar refractivity (Wildman–Crippen MR) is 81.3 cm³/mol. The van der Waals surface area contributed by atoms with Gasteiger partial charge in [-0.2, -0.15) is 0 Å². The molecule has 0 radical (unpaired) electrons. The molecule has 0 spiro atoms. The summed E-state index contributed by atoms with van der Waals surface area (Å²) >= 11 is 0. The average Bonchev–Trinajstić information content (AvgIpc) is 2.90. The molecule has 0 fully saturated rings. The van der Waals surface area contributed by atoms with Crippen molar-refractivity contribution >= 4 is 11.5 Å². The van der Waals surface area contributed by atoms with E-state index in [-0.39, 0.29) is 5.69 Å². The van der Waals surface area contributed by atoms with Crippen LogP contribution in [-0.2, 0) is 12.8 Å². The molecule has 0 bridgehead atoms. The number of nitrogens with one attached hydrogen (secondary N) is 1. The van der Waals surface area contributed by atoms with Gasteiger partial charge in [-0.15, -0.1) is 0 Å².